The second kappa shape index (κ2) is 10.4. The minimum atomic E-state index is -0.883. The number of ether oxygens (including phenoxy) is 2. The van der Waals surface area contributed by atoms with Gasteiger partial charge in [0.1, 0.15) is 23.0 Å². The summed E-state index contributed by atoms with van der Waals surface area (Å²) in [4.78, 5) is 0. The van der Waals surface area contributed by atoms with Crippen molar-refractivity contribution in [2.45, 2.75) is 12.0 Å². The Labute approximate surface area is 238 Å². The van der Waals surface area contributed by atoms with E-state index in [1.54, 1.807) is 56.7 Å². The molecule has 5 aromatic carbocycles. The summed E-state index contributed by atoms with van der Waals surface area (Å²) in [6.45, 7) is 0.350. The lowest BCUT2D eigenvalue weighted by Crippen LogP contribution is -2.30. The van der Waals surface area contributed by atoms with Gasteiger partial charge in [0.25, 0.3) is 0 Å². The van der Waals surface area contributed by atoms with Crippen molar-refractivity contribution >= 4 is 0 Å². The zero-order valence-electron chi connectivity index (χ0n) is 22.7. The molecule has 0 saturated carbocycles. The van der Waals surface area contributed by atoms with Crippen LogP contribution < -0.4 is 4.74 Å². The minimum Gasteiger partial charge on any atom is -0.508 e. The molecule has 0 spiro atoms. The summed E-state index contributed by atoms with van der Waals surface area (Å²) in [5.41, 5.74) is 7.34. The Morgan fingerprint density at radius 1 is 0.634 bits per heavy atom. The van der Waals surface area contributed by atoms with E-state index in [0.717, 1.165) is 55.8 Å². The fourth-order valence-corrected chi connectivity index (χ4v) is 5.89. The van der Waals surface area contributed by atoms with Crippen molar-refractivity contribution in [2.75, 3.05) is 14.2 Å². The van der Waals surface area contributed by atoms with Gasteiger partial charge in [-0.2, -0.15) is 0 Å². The van der Waals surface area contributed by atoms with Crippen LogP contribution in [0.5, 0.6) is 23.0 Å². The molecule has 3 N–H and O–H groups in total. The quantitative estimate of drug-likeness (QED) is 0.212. The first-order valence-corrected chi connectivity index (χ1v) is 13.2. The fourth-order valence-electron chi connectivity index (χ4n) is 5.89. The summed E-state index contributed by atoms with van der Waals surface area (Å²) in [5, 5.41) is 30.8. The number of aromatic hydroxyl groups is 3. The second-order valence-electron chi connectivity index (χ2n) is 10.0. The predicted octanol–water partition coefficient (Wildman–Crippen LogP) is 6.72. The normalized spacial score (nSPS) is 15.0. The summed E-state index contributed by atoms with van der Waals surface area (Å²) >= 11 is 0. The van der Waals surface area contributed by atoms with Crippen molar-refractivity contribution in [2.24, 2.45) is 0 Å². The maximum atomic E-state index is 10.8. The van der Waals surface area contributed by atoms with Gasteiger partial charge in [0.2, 0.25) is 0 Å². The number of rotatable bonds is 5. The highest BCUT2D eigenvalue weighted by Gasteiger charge is 2.48. The van der Waals surface area contributed by atoms with Crippen molar-refractivity contribution in [1.82, 2.24) is 0 Å². The van der Waals surface area contributed by atoms with Crippen LogP contribution in [0.1, 0.15) is 38.9 Å². The van der Waals surface area contributed by atoms with Crippen molar-refractivity contribution in [3.05, 3.63) is 142 Å². The van der Waals surface area contributed by atoms with Gasteiger partial charge < -0.3 is 24.8 Å². The van der Waals surface area contributed by atoms with E-state index in [-0.39, 0.29) is 17.2 Å². The summed E-state index contributed by atoms with van der Waals surface area (Å²) in [6.07, 6.45) is 0. The Hall–Kier alpha value is -5.18. The molecule has 5 aromatic rings. The van der Waals surface area contributed by atoms with E-state index in [1.807, 2.05) is 54.6 Å². The summed E-state index contributed by atoms with van der Waals surface area (Å²) < 4.78 is 11.1. The molecule has 0 amide bonds. The summed E-state index contributed by atoms with van der Waals surface area (Å²) in [7, 11) is 3.30. The number of hydrogen-bond acceptors (Lipinski definition) is 5. The molecule has 0 unspecified atom stereocenters. The molecule has 0 radical (unpaired) electrons. The number of benzene rings is 5. The Bertz CT molecular complexity index is 1790. The molecule has 0 bridgehead atoms. The molecule has 0 heterocycles. The third-order valence-corrected chi connectivity index (χ3v) is 7.69. The number of phenolic OH excluding ortho intramolecular Hbond substituents is 3. The molecule has 41 heavy (non-hydrogen) atoms. The number of methoxy groups -OCH3 is 2. The maximum Gasteiger partial charge on any atom is 0.118 e. The molecule has 5 nitrogen and oxygen atoms in total. The van der Waals surface area contributed by atoms with Gasteiger partial charge in [-0.1, -0.05) is 54.3 Å². The van der Waals surface area contributed by atoms with Crippen LogP contribution in [-0.2, 0) is 16.8 Å². The number of phenols is 3. The molecular formula is C36H28O5. The van der Waals surface area contributed by atoms with E-state index >= 15 is 0 Å². The van der Waals surface area contributed by atoms with Crippen molar-refractivity contribution in [3.63, 3.8) is 0 Å². The van der Waals surface area contributed by atoms with Crippen LogP contribution in [0.25, 0.3) is 11.1 Å². The van der Waals surface area contributed by atoms with Crippen LogP contribution in [0.3, 0.4) is 0 Å². The Morgan fingerprint density at radius 2 is 1.22 bits per heavy atom. The average molecular weight is 541 g/mol. The minimum absolute atomic E-state index is 0.155. The fraction of sp³-hybridized carbons (Fsp3) is 0.111. The third kappa shape index (κ3) is 4.35. The smallest absolute Gasteiger partial charge is 0.118 e. The van der Waals surface area contributed by atoms with Crippen LogP contribution in [-0.4, -0.2) is 29.5 Å². The van der Waals surface area contributed by atoms with Gasteiger partial charge in [-0.25, -0.2) is 0 Å². The van der Waals surface area contributed by atoms with E-state index in [9.17, 15) is 15.3 Å². The number of fused-ring (bicyclic) bond motifs is 3. The highest BCUT2D eigenvalue weighted by atomic mass is 16.5. The molecule has 1 aliphatic rings. The standard InChI is InChI=1S/C36H28O5/c1-40-22-24-6-19-33-32-20-15-29(39)21-34(32)36(25-7-13-28(38)14-8-25,26-9-16-30(41-2)17-10-26)35(33)31(24)18-5-23-3-11-27(37)12-4-23/h3-4,6-17,19-21,37-39H,22H2,1-2H3/t36-/m1/s1. The van der Waals surface area contributed by atoms with Gasteiger partial charge >= 0.3 is 0 Å². The first-order valence-electron chi connectivity index (χ1n) is 13.2. The van der Waals surface area contributed by atoms with E-state index in [2.05, 4.69) is 17.9 Å². The highest BCUT2D eigenvalue weighted by molar-refractivity contribution is 5.89. The van der Waals surface area contributed by atoms with Gasteiger partial charge in [-0.05, 0) is 99.6 Å². The third-order valence-electron chi connectivity index (χ3n) is 7.69. The van der Waals surface area contributed by atoms with Crippen LogP contribution >= 0.6 is 0 Å². The maximum absolute atomic E-state index is 10.8. The van der Waals surface area contributed by atoms with Crippen molar-refractivity contribution < 1.29 is 24.8 Å². The van der Waals surface area contributed by atoms with Gasteiger partial charge in [0, 0.05) is 18.2 Å². The lowest BCUT2D eigenvalue weighted by molar-refractivity contribution is 0.184. The van der Waals surface area contributed by atoms with Gasteiger partial charge in [-0.15, -0.1) is 0 Å². The van der Waals surface area contributed by atoms with E-state index in [4.69, 9.17) is 9.47 Å². The topological polar surface area (TPSA) is 79.2 Å². The van der Waals surface area contributed by atoms with Gasteiger partial charge in [-0.3, -0.25) is 0 Å². The molecule has 0 aliphatic heterocycles. The molecule has 0 fully saturated rings. The monoisotopic (exact) mass is 540 g/mol. The van der Waals surface area contributed by atoms with Crippen LogP contribution in [0.4, 0.5) is 0 Å². The summed E-state index contributed by atoms with van der Waals surface area (Å²) in [6, 6.07) is 31.5. The Kier molecular flexibility index (Phi) is 6.62. The largest absolute Gasteiger partial charge is 0.508 e. The lowest BCUT2D eigenvalue weighted by Gasteiger charge is -2.35. The van der Waals surface area contributed by atoms with E-state index in [1.165, 1.54) is 0 Å². The molecule has 1 aliphatic carbocycles. The second-order valence-corrected chi connectivity index (χ2v) is 10.0. The van der Waals surface area contributed by atoms with Crippen LogP contribution in [0.2, 0.25) is 0 Å². The van der Waals surface area contributed by atoms with E-state index in [0.29, 0.717) is 6.61 Å². The molecular weight excluding hydrogens is 512 g/mol. The molecule has 6 rings (SSSR count). The molecule has 0 saturated heterocycles. The lowest BCUT2D eigenvalue weighted by atomic mass is 9.66. The van der Waals surface area contributed by atoms with Gasteiger partial charge in [0.05, 0.1) is 19.1 Å². The van der Waals surface area contributed by atoms with Crippen molar-refractivity contribution in [1.29, 1.82) is 0 Å². The Balaban J connectivity index is 1.76. The zero-order chi connectivity index (χ0) is 28.6. The van der Waals surface area contributed by atoms with E-state index < -0.39 is 5.41 Å². The first kappa shape index (κ1) is 26.1. The van der Waals surface area contributed by atoms with Crippen molar-refractivity contribution in [3.8, 4) is 46.0 Å². The molecule has 5 heteroatoms. The van der Waals surface area contributed by atoms with Crippen LogP contribution in [0, 0.1) is 11.8 Å². The molecule has 1 atom stereocenters. The van der Waals surface area contributed by atoms with Crippen LogP contribution in [0.15, 0.2) is 103 Å². The van der Waals surface area contributed by atoms with Gasteiger partial charge in [0.15, 0.2) is 0 Å². The molecule has 0 aromatic heterocycles. The first-order chi connectivity index (χ1) is 19.9. The zero-order valence-corrected chi connectivity index (χ0v) is 22.7. The SMILES string of the molecule is COCc1ccc2c(c1C#Cc1ccc(O)cc1)[C@](c1ccc(O)cc1)(c1ccc(OC)cc1)c1cc(O)ccc1-2. The highest BCUT2D eigenvalue weighted by Crippen LogP contribution is 2.58. The average Bonchev–Trinajstić information content (AvgIpc) is 3.28. The Morgan fingerprint density at radius 3 is 1.85 bits per heavy atom. The number of hydrogen-bond donors (Lipinski definition) is 3. The predicted molar refractivity (Wildman–Crippen MR) is 158 cm³/mol. The molecule has 202 valence electrons. The summed E-state index contributed by atoms with van der Waals surface area (Å²) in [5.74, 6) is 7.98.